The van der Waals surface area contributed by atoms with E-state index in [9.17, 15) is 9.59 Å². The van der Waals surface area contributed by atoms with Crippen molar-refractivity contribution in [2.24, 2.45) is 0 Å². The van der Waals surface area contributed by atoms with Crippen LogP contribution in [0.2, 0.25) is 0 Å². The van der Waals surface area contributed by atoms with Crippen LogP contribution in [0.4, 0.5) is 5.13 Å². The summed E-state index contributed by atoms with van der Waals surface area (Å²) in [6, 6.07) is 6.20. The van der Waals surface area contributed by atoms with Gasteiger partial charge in [-0.25, -0.2) is 4.98 Å². The molecule has 134 valence electrons. The number of amides is 1. The summed E-state index contributed by atoms with van der Waals surface area (Å²) in [5.41, 5.74) is 1.29. The van der Waals surface area contributed by atoms with E-state index < -0.39 is 6.04 Å². The summed E-state index contributed by atoms with van der Waals surface area (Å²) in [4.78, 5) is 31.0. The molecule has 7 nitrogen and oxygen atoms in total. The van der Waals surface area contributed by atoms with Gasteiger partial charge in [0, 0.05) is 4.88 Å². The molecule has 1 aliphatic rings. The van der Waals surface area contributed by atoms with Gasteiger partial charge in [0.25, 0.3) is 11.5 Å². The predicted molar refractivity (Wildman–Crippen MR) is 101 cm³/mol. The van der Waals surface area contributed by atoms with Crippen molar-refractivity contribution in [1.82, 2.24) is 20.0 Å². The van der Waals surface area contributed by atoms with Gasteiger partial charge in [-0.15, -0.1) is 16.4 Å². The summed E-state index contributed by atoms with van der Waals surface area (Å²) in [7, 11) is 0. The molecule has 1 aliphatic carbocycles. The van der Waals surface area contributed by atoms with Crippen molar-refractivity contribution < 1.29 is 4.79 Å². The zero-order valence-corrected chi connectivity index (χ0v) is 15.3. The van der Waals surface area contributed by atoms with E-state index in [2.05, 4.69) is 20.6 Å². The van der Waals surface area contributed by atoms with Crippen LogP contribution in [0.3, 0.4) is 0 Å². The van der Waals surface area contributed by atoms with E-state index in [1.807, 2.05) is 0 Å². The van der Waals surface area contributed by atoms with E-state index in [0.717, 1.165) is 29.6 Å². The largest absolute Gasteiger partial charge is 0.300 e. The standard InChI is InChI=1S/C18H19N5O2S/c1-11(23-17(25)12-7-5-6-8-13(12)21-22-23)16(24)20-18-19-14-9-3-2-4-10-15(14)26-18/h5-8,11H,2-4,9-10H2,1H3,(H,19,20,24). The topological polar surface area (TPSA) is 89.8 Å². The number of benzene rings is 1. The first-order valence-corrected chi connectivity index (χ1v) is 9.59. The molecule has 4 rings (SSSR count). The molecule has 1 aromatic carbocycles. The molecule has 0 radical (unpaired) electrons. The highest BCUT2D eigenvalue weighted by Gasteiger charge is 2.21. The fourth-order valence-corrected chi connectivity index (χ4v) is 4.21. The molecule has 2 aromatic heterocycles. The van der Waals surface area contributed by atoms with Gasteiger partial charge in [0.15, 0.2) is 5.13 Å². The van der Waals surface area contributed by atoms with Crippen LogP contribution in [0.15, 0.2) is 29.1 Å². The Bertz CT molecular complexity index is 1000. The zero-order chi connectivity index (χ0) is 18.1. The van der Waals surface area contributed by atoms with Gasteiger partial charge in [-0.1, -0.05) is 23.8 Å². The number of fused-ring (bicyclic) bond motifs is 2. The lowest BCUT2D eigenvalue weighted by Crippen LogP contribution is -2.34. The van der Waals surface area contributed by atoms with Crippen LogP contribution < -0.4 is 10.9 Å². The number of aromatic nitrogens is 4. The van der Waals surface area contributed by atoms with Crippen molar-refractivity contribution in [3.63, 3.8) is 0 Å². The number of hydrogen-bond donors (Lipinski definition) is 1. The van der Waals surface area contributed by atoms with E-state index in [-0.39, 0.29) is 11.5 Å². The third-order valence-electron chi connectivity index (χ3n) is 4.66. The van der Waals surface area contributed by atoms with Crippen LogP contribution in [0.1, 0.15) is 42.8 Å². The molecule has 0 fully saturated rings. The normalized spacial score (nSPS) is 15.3. The molecule has 1 atom stereocenters. The molecule has 0 aliphatic heterocycles. The lowest BCUT2D eigenvalue weighted by atomic mass is 10.2. The first-order valence-electron chi connectivity index (χ1n) is 8.77. The minimum absolute atomic E-state index is 0.319. The maximum absolute atomic E-state index is 12.6. The summed E-state index contributed by atoms with van der Waals surface area (Å²) in [6.07, 6.45) is 5.52. The Morgan fingerprint density at radius 3 is 2.92 bits per heavy atom. The van der Waals surface area contributed by atoms with Crippen LogP contribution >= 0.6 is 11.3 Å². The van der Waals surface area contributed by atoms with Crippen molar-refractivity contribution in [3.05, 3.63) is 45.2 Å². The Labute approximate surface area is 154 Å². The average Bonchev–Trinajstić information content (AvgIpc) is 2.89. The van der Waals surface area contributed by atoms with Gasteiger partial charge in [-0.2, -0.15) is 4.68 Å². The van der Waals surface area contributed by atoms with Crippen molar-refractivity contribution in [1.29, 1.82) is 0 Å². The molecular weight excluding hydrogens is 350 g/mol. The van der Waals surface area contributed by atoms with Crippen molar-refractivity contribution >= 4 is 33.3 Å². The lowest BCUT2D eigenvalue weighted by molar-refractivity contribution is -0.119. The third-order valence-corrected chi connectivity index (χ3v) is 5.74. The molecule has 0 saturated carbocycles. The minimum Gasteiger partial charge on any atom is -0.300 e. The maximum Gasteiger partial charge on any atom is 0.278 e. The zero-order valence-electron chi connectivity index (χ0n) is 14.4. The SMILES string of the molecule is CC(C(=O)Nc1nc2c(s1)CCCCC2)n1nnc2ccccc2c1=O. The van der Waals surface area contributed by atoms with E-state index >= 15 is 0 Å². The highest BCUT2D eigenvalue weighted by atomic mass is 32.1. The van der Waals surface area contributed by atoms with Gasteiger partial charge in [0.1, 0.15) is 11.6 Å². The van der Waals surface area contributed by atoms with Crippen LogP contribution in [0, 0.1) is 0 Å². The molecule has 0 bridgehead atoms. The molecule has 26 heavy (non-hydrogen) atoms. The van der Waals surface area contributed by atoms with Gasteiger partial charge < -0.3 is 5.32 Å². The average molecular weight is 369 g/mol. The molecule has 0 spiro atoms. The second kappa shape index (κ2) is 6.95. The Balaban J connectivity index is 1.57. The fraction of sp³-hybridized carbons (Fsp3) is 0.389. The minimum atomic E-state index is -0.775. The molecule has 8 heteroatoms. The van der Waals surface area contributed by atoms with Gasteiger partial charge in [0.2, 0.25) is 0 Å². The van der Waals surface area contributed by atoms with Gasteiger partial charge in [-0.05, 0) is 44.7 Å². The fourth-order valence-electron chi connectivity index (χ4n) is 3.16. The molecule has 2 heterocycles. The number of carbonyl (C=O) groups excluding carboxylic acids is 1. The third kappa shape index (κ3) is 3.12. The number of thiazole rings is 1. The molecule has 0 saturated heterocycles. The van der Waals surface area contributed by atoms with Crippen LogP contribution in [-0.4, -0.2) is 25.9 Å². The van der Waals surface area contributed by atoms with Gasteiger partial charge in [-0.3, -0.25) is 9.59 Å². The predicted octanol–water partition coefficient (Wildman–Crippen LogP) is 2.72. The highest BCUT2D eigenvalue weighted by Crippen LogP contribution is 2.29. The summed E-state index contributed by atoms with van der Waals surface area (Å²) in [5.74, 6) is -0.319. The molecular formula is C18H19N5O2S. The molecule has 3 aromatic rings. The van der Waals surface area contributed by atoms with Gasteiger partial charge >= 0.3 is 0 Å². The second-order valence-corrected chi connectivity index (χ2v) is 7.55. The number of anilines is 1. The molecule has 1 N–H and O–H groups in total. The van der Waals surface area contributed by atoms with Crippen LogP contribution in [-0.2, 0) is 17.6 Å². The number of hydrogen-bond acceptors (Lipinski definition) is 6. The number of rotatable bonds is 3. The summed E-state index contributed by atoms with van der Waals surface area (Å²) < 4.78 is 1.12. The first kappa shape index (κ1) is 16.8. The van der Waals surface area contributed by atoms with E-state index in [1.165, 1.54) is 29.1 Å². The van der Waals surface area contributed by atoms with Crippen molar-refractivity contribution in [2.45, 2.75) is 45.1 Å². The van der Waals surface area contributed by atoms with E-state index in [0.29, 0.717) is 16.0 Å². The first-order chi connectivity index (χ1) is 12.6. The summed E-state index contributed by atoms with van der Waals surface area (Å²) in [5, 5.41) is 11.8. The van der Waals surface area contributed by atoms with E-state index in [1.54, 1.807) is 31.2 Å². The number of nitrogens with zero attached hydrogens (tertiary/aromatic N) is 4. The molecule has 1 unspecified atom stereocenters. The monoisotopic (exact) mass is 369 g/mol. The van der Waals surface area contributed by atoms with Crippen molar-refractivity contribution in [3.8, 4) is 0 Å². The van der Waals surface area contributed by atoms with Crippen molar-refractivity contribution in [2.75, 3.05) is 5.32 Å². The van der Waals surface area contributed by atoms with Gasteiger partial charge in [0.05, 0.1) is 11.1 Å². The van der Waals surface area contributed by atoms with E-state index in [4.69, 9.17) is 0 Å². The Kier molecular flexibility index (Phi) is 4.50. The number of nitrogens with one attached hydrogen (secondary N) is 1. The highest BCUT2D eigenvalue weighted by molar-refractivity contribution is 7.15. The number of aryl methyl sites for hydroxylation is 2. The Morgan fingerprint density at radius 1 is 1.23 bits per heavy atom. The quantitative estimate of drug-likeness (QED) is 0.717. The maximum atomic E-state index is 12.6. The smallest absolute Gasteiger partial charge is 0.278 e. The van der Waals surface area contributed by atoms with Crippen LogP contribution in [0.25, 0.3) is 10.9 Å². The van der Waals surface area contributed by atoms with Crippen LogP contribution in [0.5, 0.6) is 0 Å². The second-order valence-electron chi connectivity index (χ2n) is 6.47. The number of carbonyl (C=O) groups is 1. The molecule has 1 amide bonds. The summed E-state index contributed by atoms with van der Waals surface area (Å²) in [6.45, 7) is 1.64. The Hall–Kier alpha value is -2.61. The summed E-state index contributed by atoms with van der Waals surface area (Å²) >= 11 is 1.53. The Morgan fingerprint density at radius 2 is 2.04 bits per heavy atom. The lowest BCUT2D eigenvalue weighted by Gasteiger charge is -2.12.